The molecule has 10 rings (SSSR count). The average molecular weight is 639 g/mol. The summed E-state index contributed by atoms with van der Waals surface area (Å²) in [6, 6.07) is 64.6. The summed E-state index contributed by atoms with van der Waals surface area (Å²) in [6.07, 6.45) is 0. The van der Waals surface area contributed by atoms with Crippen LogP contribution < -0.4 is 4.90 Å². The van der Waals surface area contributed by atoms with Gasteiger partial charge in [-0.3, -0.25) is 4.90 Å². The van der Waals surface area contributed by atoms with E-state index in [2.05, 4.69) is 163 Å². The van der Waals surface area contributed by atoms with Crippen molar-refractivity contribution < 1.29 is 4.42 Å². The van der Waals surface area contributed by atoms with Crippen LogP contribution in [-0.2, 0) is 0 Å². The van der Waals surface area contributed by atoms with E-state index >= 15 is 0 Å². The van der Waals surface area contributed by atoms with Crippen LogP contribution in [0.3, 0.4) is 0 Å². The van der Waals surface area contributed by atoms with Crippen LogP contribution in [0.2, 0.25) is 0 Å². The van der Waals surface area contributed by atoms with Crippen molar-refractivity contribution in [1.82, 2.24) is 4.98 Å². The molecule has 0 aliphatic rings. The third-order valence-electron chi connectivity index (χ3n) is 9.88. The van der Waals surface area contributed by atoms with Gasteiger partial charge in [-0.05, 0) is 103 Å². The van der Waals surface area contributed by atoms with Gasteiger partial charge in [0.15, 0.2) is 0 Å². The normalized spacial score (nSPS) is 11.6. The first-order chi connectivity index (χ1) is 24.8. The largest absolute Gasteiger partial charge is 0.438 e. The lowest BCUT2D eigenvalue weighted by Crippen LogP contribution is -2.11. The maximum absolute atomic E-state index is 6.23. The van der Waals surface area contributed by atoms with Crippen molar-refractivity contribution in [2.24, 2.45) is 0 Å². The third-order valence-corrected chi connectivity index (χ3v) is 9.88. The second-order valence-corrected chi connectivity index (χ2v) is 12.8. The summed E-state index contributed by atoms with van der Waals surface area (Å²) in [5.41, 5.74) is 8.24. The monoisotopic (exact) mass is 638 g/mol. The molecule has 0 radical (unpaired) electrons. The van der Waals surface area contributed by atoms with Crippen molar-refractivity contribution in [3.63, 3.8) is 0 Å². The van der Waals surface area contributed by atoms with E-state index in [1.54, 1.807) is 0 Å². The fraction of sp³-hybridized carbons (Fsp3) is 0. The maximum Gasteiger partial charge on any atom is 0.229 e. The first kappa shape index (κ1) is 28.3. The number of hydrogen-bond donors (Lipinski definition) is 0. The minimum Gasteiger partial charge on any atom is -0.438 e. The number of pyridine rings is 1. The molecule has 2 aromatic heterocycles. The standard InChI is InChI=1S/C47H30N2O/c1-2-10-31(11-3-1)32-20-24-36(25-21-32)49(45-29-28-42-40-15-8-9-17-44(40)50-47(42)48-45)37-26-22-34(23-27-37)43-30-35-19-18-33-12-4-5-13-38(33)46(35)41-16-7-6-14-39(41)43/h1-30H. The zero-order chi connectivity index (χ0) is 33.0. The van der Waals surface area contributed by atoms with Crippen LogP contribution in [0.25, 0.3) is 76.6 Å². The Morgan fingerprint density at radius 2 is 1.00 bits per heavy atom. The molecular weight excluding hydrogens is 609 g/mol. The second kappa shape index (κ2) is 11.5. The Balaban J connectivity index is 1.11. The van der Waals surface area contributed by atoms with Gasteiger partial charge < -0.3 is 4.42 Å². The Morgan fingerprint density at radius 1 is 0.400 bits per heavy atom. The molecule has 3 nitrogen and oxygen atoms in total. The molecule has 0 saturated heterocycles. The van der Waals surface area contributed by atoms with Crippen LogP contribution >= 0.6 is 0 Å². The molecule has 0 bridgehead atoms. The number of fused-ring (bicyclic) bond motifs is 8. The van der Waals surface area contributed by atoms with Crippen molar-refractivity contribution in [3.8, 4) is 22.3 Å². The molecule has 50 heavy (non-hydrogen) atoms. The van der Waals surface area contributed by atoms with E-state index in [0.717, 1.165) is 33.5 Å². The first-order valence-electron chi connectivity index (χ1n) is 17.0. The maximum atomic E-state index is 6.23. The lowest BCUT2D eigenvalue weighted by Gasteiger charge is -2.25. The fourth-order valence-corrected chi connectivity index (χ4v) is 7.47. The number of nitrogens with zero attached hydrogens (tertiary/aromatic N) is 2. The van der Waals surface area contributed by atoms with Gasteiger partial charge in [0.25, 0.3) is 0 Å². The average Bonchev–Trinajstić information content (AvgIpc) is 3.56. The molecule has 0 N–H and O–H groups in total. The highest BCUT2D eigenvalue weighted by atomic mass is 16.3. The molecule has 8 aromatic carbocycles. The van der Waals surface area contributed by atoms with Crippen LogP contribution in [0.15, 0.2) is 186 Å². The lowest BCUT2D eigenvalue weighted by atomic mass is 9.91. The molecule has 10 aromatic rings. The van der Waals surface area contributed by atoms with E-state index in [1.165, 1.54) is 54.6 Å². The van der Waals surface area contributed by atoms with E-state index in [1.807, 2.05) is 24.3 Å². The second-order valence-electron chi connectivity index (χ2n) is 12.8. The predicted molar refractivity (Wildman–Crippen MR) is 210 cm³/mol. The van der Waals surface area contributed by atoms with Crippen molar-refractivity contribution in [2.75, 3.05) is 4.90 Å². The smallest absolute Gasteiger partial charge is 0.229 e. The molecule has 234 valence electrons. The van der Waals surface area contributed by atoms with Gasteiger partial charge in [0.1, 0.15) is 11.4 Å². The Bertz CT molecular complexity index is 2850. The molecule has 0 atom stereocenters. The summed E-state index contributed by atoms with van der Waals surface area (Å²) in [4.78, 5) is 7.29. The molecule has 3 heteroatoms. The van der Waals surface area contributed by atoms with Gasteiger partial charge in [0.2, 0.25) is 5.71 Å². The zero-order valence-electron chi connectivity index (χ0n) is 27.1. The molecule has 0 amide bonds. The molecule has 0 fully saturated rings. The summed E-state index contributed by atoms with van der Waals surface area (Å²) in [5.74, 6) is 0.791. The van der Waals surface area contributed by atoms with Crippen LogP contribution in [0.4, 0.5) is 17.2 Å². The molecular formula is C47H30N2O. The predicted octanol–water partition coefficient (Wildman–Crippen LogP) is 13.2. The SMILES string of the molecule is c1ccc(-c2ccc(N(c3ccc(-c4cc5ccc6ccccc6c5c5ccccc45)cc3)c3ccc4c(n3)oc3ccccc34)cc2)cc1. The van der Waals surface area contributed by atoms with Crippen molar-refractivity contribution in [2.45, 2.75) is 0 Å². The number of furan rings is 1. The highest BCUT2D eigenvalue weighted by Crippen LogP contribution is 2.41. The number of hydrogen-bond acceptors (Lipinski definition) is 3. The molecule has 0 saturated carbocycles. The summed E-state index contributed by atoms with van der Waals surface area (Å²) >= 11 is 0. The van der Waals surface area contributed by atoms with Crippen molar-refractivity contribution >= 4 is 71.6 Å². The summed E-state index contributed by atoms with van der Waals surface area (Å²) in [7, 11) is 0. The summed E-state index contributed by atoms with van der Waals surface area (Å²) < 4.78 is 6.23. The van der Waals surface area contributed by atoms with E-state index in [-0.39, 0.29) is 0 Å². The minimum absolute atomic E-state index is 0.626. The van der Waals surface area contributed by atoms with Gasteiger partial charge in [-0.25, -0.2) is 0 Å². The highest BCUT2D eigenvalue weighted by molar-refractivity contribution is 6.23. The zero-order valence-corrected chi connectivity index (χ0v) is 27.1. The molecule has 2 heterocycles. The van der Waals surface area contributed by atoms with Crippen LogP contribution in [0.5, 0.6) is 0 Å². The molecule has 0 aliphatic carbocycles. The number of anilines is 3. The number of rotatable bonds is 5. The topological polar surface area (TPSA) is 29.3 Å². The van der Waals surface area contributed by atoms with E-state index < -0.39 is 0 Å². The van der Waals surface area contributed by atoms with Gasteiger partial charge in [0, 0.05) is 22.1 Å². The number of benzene rings is 8. The van der Waals surface area contributed by atoms with Gasteiger partial charge in [-0.15, -0.1) is 0 Å². The lowest BCUT2D eigenvalue weighted by molar-refractivity contribution is 0.654. The van der Waals surface area contributed by atoms with Gasteiger partial charge in [0.05, 0.1) is 0 Å². The van der Waals surface area contributed by atoms with Gasteiger partial charge in [-0.2, -0.15) is 4.98 Å². The van der Waals surface area contributed by atoms with Gasteiger partial charge in [-0.1, -0.05) is 133 Å². The summed E-state index contributed by atoms with van der Waals surface area (Å²) in [5, 5.41) is 9.68. The third kappa shape index (κ3) is 4.63. The molecule has 0 spiro atoms. The first-order valence-corrected chi connectivity index (χ1v) is 17.0. The van der Waals surface area contributed by atoms with Crippen molar-refractivity contribution in [3.05, 3.63) is 182 Å². The quantitative estimate of drug-likeness (QED) is 0.176. The highest BCUT2D eigenvalue weighted by Gasteiger charge is 2.18. The Kier molecular flexibility index (Phi) is 6.49. The Hall–Kier alpha value is -6.71. The molecule has 0 aliphatic heterocycles. The van der Waals surface area contributed by atoms with Crippen molar-refractivity contribution in [1.29, 1.82) is 0 Å². The summed E-state index contributed by atoms with van der Waals surface area (Å²) in [6.45, 7) is 0. The fourth-order valence-electron chi connectivity index (χ4n) is 7.47. The number of aromatic nitrogens is 1. The van der Waals surface area contributed by atoms with Crippen LogP contribution in [0.1, 0.15) is 0 Å². The minimum atomic E-state index is 0.626. The Morgan fingerprint density at radius 3 is 1.78 bits per heavy atom. The van der Waals surface area contributed by atoms with E-state index in [9.17, 15) is 0 Å². The van der Waals surface area contributed by atoms with Gasteiger partial charge >= 0.3 is 0 Å². The molecule has 0 unspecified atom stereocenters. The van der Waals surface area contributed by atoms with Crippen LogP contribution in [-0.4, -0.2) is 4.98 Å². The Labute approximate surface area is 289 Å². The van der Waals surface area contributed by atoms with E-state index in [0.29, 0.717) is 5.71 Å². The van der Waals surface area contributed by atoms with Crippen LogP contribution in [0, 0.1) is 0 Å². The van der Waals surface area contributed by atoms with E-state index in [4.69, 9.17) is 9.40 Å². The number of para-hydroxylation sites is 1.